The number of carbonyl (C=O) groups excluding carboxylic acids is 2. The van der Waals surface area contributed by atoms with Gasteiger partial charge in [-0.1, -0.05) is 43.0 Å². The minimum absolute atomic E-state index is 0.117. The van der Waals surface area contributed by atoms with E-state index in [0.29, 0.717) is 6.54 Å². The molecular formula is C25H35ClN2O3. The molecule has 2 aliphatic rings. The lowest BCUT2D eigenvalue weighted by Crippen LogP contribution is -2.47. The molecule has 31 heavy (non-hydrogen) atoms. The Hall–Kier alpha value is -2.01. The number of hydrogen-bond acceptors (Lipinski definition) is 3. The molecule has 1 aromatic carbocycles. The average molecular weight is 447 g/mol. The van der Waals surface area contributed by atoms with E-state index in [2.05, 4.69) is 11.4 Å². The Morgan fingerprint density at radius 1 is 1.13 bits per heavy atom. The van der Waals surface area contributed by atoms with E-state index in [1.165, 1.54) is 24.8 Å². The van der Waals surface area contributed by atoms with Gasteiger partial charge in [0.2, 0.25) is 11.8 Å². The highest BCUT2D eigenvalue weighted by Crippen LogP contribution is 2.28. The number of nitrogens with zero attached hydrogens (tertiary/aromatic N) is 1. The van der Waals surface area contributed by atoms with Crippen LogP contribution in [0.5, 0.6) is 5.75 Å². The van der Waals surface area contributed by atoms with E-state index < -0.39 is 6.04 Å². The molecule has 1 fully saturated rings. The molecule has 0 bridgehead atoms. The summed E-state index contributed by atoms with van der Waals surface area (Å²) >= 11 is 5.99. The Balaban J connectivity index is 1.84. The van der Waals surface area contributed by atoms with Gasteiger partial charge in [-0.2, -0.15) is 0 Å². The van der Waals surface area contributed by atoms with Crippen molar-refractivity contribution in [3.63, 3.8) is 0 Å². The van der Waals surface area contributed by atoms with Gasteiger partial charge < -0.3 is 15.0 Å². The Morgan fingerprint density at radius 2 is 1.87 bits per heavy atom. The molecule has 6 heteroatoms. The first kappa shape index (κ1) is 23.6. The van der Waals surface area contributed by atoms with Gasteiger partial charge in [0.1, 0.15) is 17.7 Å². The zero-order valence-corrected chi connectivity index (χ0v) is 19.3. The first-order valence-electron chi connectivity index (χ1n) is 11.6. The Kier molecular flexibility index (Phi) is 9.26. The van der Waals surface area contributed by atoms with Crippen molar-refractivity contribution in [2.75, 3.05) is 19.5 Å². The molecule has 1 aromatic rings. The largest absolute Gasteiger partial charge is 0.497 e. The third kappa shape index (κ3) is 6.73. The van der Waals surface area contributed by atoms with Crippen LogP contribution in [-0.2, 0) is 9.59 Å². The Bertz CT molecular complexity index is 757. The molecule has 0 radical (unpaired) electrons. The van der Waals surface area contributed by atoms with Gasteiger partial charge in [0.05, 0.1) is 7.11 Å². The highest BCUT2D eigenvalue weighted by Gasteiger charge is 2.32. The molecule has 0 aliphatic heterocycles. The van der Waals surface area contributed by atoms with Gasteiger partial charge in [-0.25, -0.2) is 0 Å². The van der Waals surface area contributed by atoms with Crippen LogP contribution in [0.15, 0.2) is 35.9 Å². The molecule has 0 unspecified atom stereocenters. The molecular weight excluding hydrogens is 412 g/mol. The fraction of sp³-hybridized carbons (Fsp3) is 0.600. The van der Waals surface area contributed by atoms with Crippen LogP contribution in [0.2, 0.25) is 0 Å². The minimum atomic E-state index is -0.691. The maximum Gasteiger partial charge on any atom is 0.247 e. The van der Waals surface area contributed by atoms with Crippen LogP contribution >= 0.6 is 11.6 Å². The average Bonchev–Trinajstić information content (AvgIpc) is 2.82. The van der Waals surface area contributed by atoms with E-state index in [0.717, 1.165) is 56.3 Å². The third-order valence-corrected chi connectivity index (χ3v) is 6.67. The minimum Gasteiger partial charge on any atom is -0.497 e. The van der Waals surface area contributed by atoms with Gasteiger partial charge in [0.15, 0.2) is 0 Å². The van der Waals surface area contributed by atoms with Crippen molar-refractivity contribution < 1.29 is 14.3 Å². The fourth-order valence-corrected chi connectivity index (χ4v) is 4.81. The zero-order chi connectivity index (χ0) is 22.1. The highest BCUT2D eigenvalue weighted by molar-refractivity contribution is 6.27. The van der Waals surface area contributed by atoms with Gasteiger partial charge in [-0.3, -0.25) is 9.59 Å². The van der Waals surface area contributed by atoms with Gasteiger partial charge in [0, 0.05) is 12.6 Å². The van der Waals surface area contributed by atoms with Gasteiger partial charge in [-0.15, -0.1) is 11.6 Å². The molecule has 0 heterocycles. The molecule has 0 spiro atoms. The van der Waals surface area contributed by atoms with Crippen molar-refractivity contribution >= 4 is 23.4 Å². The number of amides is 2. The summed E-state index contributed by atoms with van der Waals surface area (Å²) in [5.74, 6) is 0.256. The first-order valence-corrected chi connectivity index (χ1v) is 12.1. The monoisotopic (exact) mass is 446 g/mol. The fourth-order valence-electron chi connectivity index (χ4n) is 4.66. The summed E-state index contributed by atoms with van der Waals surface area (Å²) in [4.78, 5) is 28.0. The summed E-state index contributed by atoms with van der Waals surface area (Å²) < 4.78 is 5.28. The molecule has 2 aliphatic carbocycles. The van der Waals surface area contributed by atoms with E-state index in [9.17, 15) is 9.59 Å². The second kappa shape index (κ2) is 12.1. The standard InChI is InChI=1S/C25H35ClN2O3/c1-31-22-14-12-20(13-15-22)24(25(30)27-21-10-6-3-7-11-21)28(23(29)18-26)17-16-19-8-4-2-5-9-19/h8,12-15,21,24H,2-7,9-11,16-18H2,1H3,(H,27,30)/t24-/m1/s1. The number of hydrogen-bond donors (Lipinski definition) is 1. The van der Waals surface area contributed by atoms with Gasteiger partial charge >= 0.3 is 0 Å². The second-order valence-electron chi connectivity index (χ2n) is 8.60. The van der Waals surface area contributed by atoms with Gasteiger partial charge in [-0.05, 0) is 62.6 Å². The molecule has 0 aromatic heterocycles. The highest BCUT2D eigenvalue weighted by atomic mass is 35.5. The maximum absolute atomic E-state index is 13.5. The van der Waals surface area contributed by atoms with Crippen molar-refractivity contribution in [2.24, 2.45) is 0 Å². The van der Waals surface area contributed by atoms with E-state index in [1.54, 1.807) is 12.0 Å². The predicted molar refractivity (Wildman–Crippen MR) is 124 cm³/mol. The molecule has 1 atom stereocenters. The number of rotatable bonds is 9. The number of nitrogens with one attached hydrogen (secondary N) is 1. The van der Waals surface area contributed by atoms with E-state index >= 15 is 0 Å². The zero-order valence-electron chi connectivity index (χ0n) is 18.6. The van der Waals surface area contributed by atoms with E-state index in [-0.39, 0.29) is 23.7 Å². The van der Waals surface area contributed by atoms with Crippen LogP contribution in [-0.4, -0.2) is 42.3 Å². The van der Waals surface area contributed by atoms with E-state index in [4.69, 9.17) is 16.3 Å². The van der Waals surface area contributed by atoms with Crippen LogP contribution in [0.3, 0.4) is 0 Å². The van der Waals surface area contributed by atoms with Crippen molar-refractivity contribution in [1.29, 1.82) is 0 Å². The predicted octanol–water partition coefficient (Wildman–Crippen LogP) is 5.14. The van der Waals surface area contributed by atoms with E-state index in [1.807, 2.05) is 24.3 Å². The molecule has 5 nitrogen and oxygen atoms in total. The van der Waals surface area contributed by atoms with Crippen LogP contribution in [0.4, 0.5) is 0 Å². The summed E-state index contributed by atoms with van der Waals surface area (Å²) in [5, 5.41) is 3.22. The van der Waals surface area contributed by atoms with Gasteiger partial charge in [0.25, 0.3) is 0 Å². The maximum atomic E-state index is 13.5. The molecule has 1 saturated carbocycles. The second-order valence-corrected chi connectivity index (χ2v) is 8.87. The van der Waals surface area contributed by atoms with Crippen LogP contribution in [0.25, 0.3) is 0 Å². The first-order chi connectivity index (χ1) is 15.1. The topological polar surface area (TPSA) is 58.6 Å². The van der Waals surface area contributed by atoms with Crippen molar-refractivity contribution in [2.45, 2.75) is 76.3 Å². The summed E-state index contributed by atoms with van der Waals surface area (Å²) in [6, 6.07) is 6.91. The number of halogens is 1. The lowest BCUT2D eigenvalue weighted by molar-refractivity contribution is -0.139. The van der Waals surface area contributed by atoms with Crippen LogP contribution in [0, 0.1) is 0 Å². The Labute approximate surface area is 191 Å². The normalized spacial score (nSPS) is 18.1. The number of methoxy groups -OCH3 is 1. The molecule has 0 saturated heterocycles. The number of ether oxygens (including phenoxy) is 1. The van der Waals surface area contributed by atoms with Crippen LogP contribution < -0.4 is 10.1 Å². The summed E-state index contributed by atoms with van der Waals surface area (Å²) in [6.45, 7) is 0.492. The molecule has 1 N–H and O–H groups in total. The lowest BCUT2D eigenvalue weighted by atomic mass is 9.94. The molecule has 3 rings (SSSR count). The number of benzene rings is 1. The Morgan fingerprint density at radius 3 is 2.48 bits per heavy atom. The number of carbonyl (C=O) groups is 2. The lowest BCUT2D eigenvalue weighted by Gasteiger charge is -2.33. The molecule has 170 valence electrons. The third-order valence-electron chi connectivity index (χ3n) is 6.44. The molecule has 2 amide bonds. The SMILES string of the molecule is COc1ccc([C@H](C(=O)NC2CCCCC2)N(CCC2=CCCCC2)C(=O)CCl)cc1. The quantitative estimate of drug-likeness (QED) is 0.422. The smallest absolute Gasteiger partial charge is 0.247 e. The summed E-state index contributed by atoms with van der Waals surface area (Å²) in [6.07, 6.45) is 13.2. The van der Waals surface area contributed by atoms with Crippen molar-refractivity contribution in [1.82, 2.24) is 10.2 Å². The van der Waals surface area contributed by atoms with Crippen LogP contribution in [0.1, 0.15) is 75.8 Å². The van der Waals surface area contributed by atoms with Crippen molar-refractivity contribution in [3.8, 4) is 5.75 Å². The number of alkyl halides is 1. The van der Waals surface area contributed by atoms with Crippen molar-refractivity contribution in [3.05, 3.63) is 41.5 Å². The summed E-state index contributed by atoms with van der Waals surface area (Å²) in [5.41, 5.74) is 2.16. The number of allylic oxidation sites excluding steroid dienone is 1. The summed E-state index contributed by atoms with van der Waals surface area (Å²) in [7, 11) is 1.61.